The molecular weight excluding hydrogens is 426 g/mol. The summed E-state index contributed by atoms with van der Waals surface area (Å²) in [5.41, 5.74) is 8.82. The van der Waals surface area contributed by atoms with Gasteiger partial charge in [-0.15, -0.1) is 0 Å². The van der Waals surface area contributed by atoms with Gasteiger partial charge in [0.05, 0.1) is 15.8 Å². The number of nitro groups is 2. The van der Waals surface area contributed by atoms with Gasteiger partial charge < -0.3 is 10.5 Å². The molecule has 0 aromatic heterocycles. The normalized spacial score (nSPS) is 19.6. The molecule has 1 unspecified atom stereocenters. The Morgan fingerprint density at radius 2 is 1.79 bits per heavy atom. The van der Waals surface area contributed by atoms with Crippen LogP contribution in [0.1, 0.15) is 17.0 Å². The minimum Gasteiger partial charge on any atom is -0.440 e. The molecule has 0 spiro atoms. The maximum absolute atomic E-state index is 11.3. The molecule has 2 aromatic rings. The van der Waals surface area contributed by atoms with Gasteiger partial charge in [-0.1, -0.05) is 24.3 Å². The predicted octanol–water partition coefficient (Wildman–Crippen LogP) is 3.59. The maximum atomic E-state index is 11.3. The van der Waals surface area contributed by atoms with Gasteiger partial charge in [0.25, 0.3) is 11.4 Å². The van der Waals surface area contributed by atoms with E-state index < -0.39 is 15.8 Å². The van der Waals surface area contributed by atoms with Crippen molar-refractivity contribution in [2.24, 2.45) is 5.73 Å². The van der Waals surface area contributed by atoms with Gasteiger partial charge in [0.1, 0.15) is 17.4 Å². The molecule has 10 nitrogen and oxygen atoms in total. The lowest BCUT2D eigenvalue weighted by Crippen LogP contribution is -2.35. The van der Waals surface area contributed by atoms with Crippen molar-refractivity contribution in [2.45, 2.75) is 5.92 Å². The zero-order valence-electron chi connectivity index (χ0n) is 17.6. The highest BCUT2D eigenvalue weighted by Gasteiger charge is 2.37. The number of nitriles is 1. The van der Waals surface area contributed by atoms with Crippen LogP contribution in [0, 0.1) is 31.6 Å². The van der Waals surface area contributed by atoms with E-state index in [9.17, 15) is 25.5 Å². The Labute approximate surface area is 188 Å². The summed E-state index contributed by atoms with van der Waals surface area (Å²) in [7, 11) is 1.89. The number of nitro benzene ring substituents is 2. The first-order chi connectivity index (χ1) is 15.8. The number of rotatable bonds is 4. The molecule has 0 saturated heterocycles. The molecule has 2 aliphatic rings. The fraction of sp³-hybridized carbons (Fsp3) is 0.174. The third-order valence-electron chi connectivity index (χ3n) is 5.54. The molecule has 0 saturated carbocycles. The average Bonchev–Trinajstić information content (AvgIpc) is 2.79. The van der Waals surface area contributed by atoms with E-state index in [-0.39, 0.29) is 22.8 Å². The van der Waals surface area contributed by atoms with Crippen molar-refractivity contribution in [1.82, 2.24) is 4.90 Å². The van der Waals surface area contributed by atoms with Crippen LogP contribution in [0.3, 0.4) is 0 Å². The molecule has 0 bridgehead atoms. The summed E-state index contributed by atoms with van der Waals surface area (Å²) in [5, 5.41) is 32.3. The SMILES string of the molecule is CN1CC2=C(OC(N)=C(C#N)C2c2cccc([N+](=O)[O-])c2)/C(=C\c2cccc([N+](=O)[O-])c2)C1. The minimum atomic E-state index is -0.616. The summed E-state index contributed by atoms with van der Waals surface area (Å²) >= 11 is 0. The van der Waals surface area contributed by atoms with Crippen LogP contribution in [-0.2, 0) is 4.74 Å². The summed E-state index contributed by atoms with van der Waals surface area (Å²) in [6, 6.07) is 14.4. The maximum Gasteiger partial charge on any atom is 0.270 e. The van der Waals surface area contributed by atoms with E-state index in [2.05, 4.69) is 6.07 Å². The van der Waals surface area contributed by atoms with E-state index in [1.807, 2.05) is 11.9 Å². The second-order valence-corrected chi connectivity index (χ2v) is 7.83. The molecule has 33 heavy (non-hydrogen) atoms. The van der Waals surface area contributed by atoms with Gasteiger partial charge in [0.2, 0.25) is 5.88 Å². The van der Waals surface area contributed by atoms with E-state index >= 15 is 0 Å². The van der Waals surface area contributed by atoms with Crippen LogP contribution in [-0.4, -0.2) is 34.9 Å². The molecule has 0 fully saturated rings. The highest BCUT2D eigenvalue weighted by molar-refractivity contribution is 5.64. The number of non-ortho nitro benzene ring substituents is 2. The molecule has 0 amide bonds. The van der Waals surface area contributed by atoms with E-state index in [0.717, 1.165) is 11.1 Å². The van der Waals surface area contributed by atoms with Gasteiger partial charge in [-0.2, -0.15) is 5.26 Å². The molecule has 10 heteroatoms. The topological polar surface area (TPSA) is 149 Å². The summed E-state index contributed by atoms with van der Waals surface area (Å²) in [4.78, 5) is 23.5. The minimum absolute atomic E-state index is 0.0343. The highest BCUT2D eigenvalue weighted by atomic mass is 16.6. The summed E-state index contributed by atoms with van der Waals surface area (Å²) in [5.74, 6) is -0.204. The number of likely N-dealkylation sites (N-methyl/N-ethyl adjacent to an activating group) is 1. The number of nitrogens with two attached hydrogens (primary N) is 1. The monoisotopic (exact) mass is 445 g/mol. The molecule has 2 N–H and O–H groups in total. The Morgan fingerprint density at radius 3 is 2.45 bits per heavy atom. The third-order valence-corrected chi connectivity index (χ3v) is 5.54. The van der Waals surface area contributed by atoms with E-state index in [1.54, 1.807) is 30.3 Å². The molecule has 2 aromatic carbocycles. The Balaban J connectivity index is 1.87. The van der Waals surface area contributed by atoms with Crippen molar-refractivity contribution < 1.29 is 14.6 Å². The van der Waals surface area contributed by atoms with Gasteiger partial charge >= 0.3 is 0 Å². The van der Waals surface area contributed by atoms with Crippen LogP contribution in [0.4, 0.5) is 11.4 Å². The summed E-state index contributed by atoms with van der Waals surface area (Å²) < 4.78 is 5.89. The van der Waals surface area contributed by atoms with Crippen molar-refractivity contribution in [2.75, 3.05) is 20.1 Å². The molecule has 0 radical (unpaired) electrons. The third kappa shape index (κ3) is 4.17. The average molecular weight is 445 g/mol. The standard InChI is InChI=1S/C23H19N5O5/c1-26-12-16(8-14-4-2-6-17(9-14)27(29)30)22-20(13-26)21(19(11-24)23(25)33-22)15-5-3-7-18(10-15)28(31)32/h2-10,21H,12-13,25H2,1H3/b16-8-. The molecule has 166 valence electrons. The van der Waals surface area contributed by atoms with Crippen LogP contribution in [0.2, 0.25) is 0 Å². The van der Waals surface area contributed by atoms with Crippen LogP contribution in [0.15, 0.2) is 76.9 Å². The first kappa shape index (κ1) is 21.7. The lowest BCUT2D eigenvalue weighted by Gasteiger charge is -2.36. The summed E-state index contributed by atoms with van der Waals surface area (Å²) in [6.45, 7) is 0.936. The van der Waals surface area contributed by atoms with Crippen molar-refractivity contribution >= 4 is 17.5 Å². The number of hydrogen-bond acceptors (Lipinski definition) is 8. The fourth-order valence-corrected chi connectivity index (χ4v) is 4.17. The van der Waals surface area contributed by atoms with Crippen molar-refractivity contribution in [1.29, 1.82) is 5.26 Å². The second-order valence-electron chi connectivity index (χ2n) is 7.83. The van der Waals surface area contributed by atoms with E-state index in [1.165, 1.54) is 24.3 Å². The Kier molecular flexibility index (Phi) is 5.64. The lowest BCUT2D eigenvalue weighted by molar-refractivity contribution is -0.385. The second kappa shape index (κ2) is 8.57. The van der Waals surface area contributed by atoms with Crippen LogP contribution < -0.4 is 5.73 Å². The Bertz CT molecular complexity index is 1300. The van der Waals surface area contributed by atoms with Crippen molar-refractivity contribution in [3.63, 3.8) is 0 Å². The predicted molar refractivity (Wildman–Crippen MR) is 119 cm³/mol. The number of hydrogen-bond donors (Lipinski definition) is 1. The molecule has 2 aliphatic heterocycles. The van der Waals surface area contributed by atoms with E-state index in [0.29, 0.717) is 30.0 Å². The first-order valence-corrected chi connectivity index (χ1v) is 9.97. The van der Waals surface area contributed by atoms with Gasteiger partial charge in [-0.05, 0) is 29.8 Å². The van der Waals surface area contributed by atoms with Gasteiger partial charge in [-0.3, -0.25) is 25.1 Å². The largest absolute Gasteiger partial charge is 0.440 e. The van der Waals surface area contributed by atoms with E-state index in [4.69, 9.17) is 10.5 Å². The lowest BCUT2D eigenvalue weighted by atomic mass is 9.80. The van der Waals surface area contributed by atoms with Crippen LogP contribution in [0.5, 0.6) is 0 Å². The first-order valence-electron chi connectivity index (χ1n) is 9.97. The molecule has 1 atom stereocenters. The van der Waals surface area contributed by atoms with Crippen LogP contribution in [0.25, 0.3) is 6.08 Å². The van der Waals surface area contributed by atoms with Gasteiger partial charge in [0.15, 0.2) is 0 Å². The smallest absolute Gasteiger partial charge is 0.270 e. The zero-order valence-corrected chi connectivity index (χ0v) is 17.6. The number of nitrogens with zero attached hydrogens (tertiary/aromatic N) is 4. The Morgan fingerprint density at radius 1 is 1.12 bits per heavy atom. The molecule has 2 heterocycles. The van der Waals surface area contributed by atoms with Crippen LogP contribution >= 0.6 is 0 Å². The molecule has 4 rings (SSSR count). The number of benzene rings is 2. The number of allylic oxidation sites excluding steroid dienone is 1. The highest BCUT2D eigenvalue weighted by Crippen LogP contribution is 2.44. The molecule has 0 aliphatic carbocycles. The quantitative estimate of drug-likeness (QED) is 0.554. The van der Waals surface area contributed by atoms with Crippen molar-refractivity contribution in [3.05, 3.63) is 108 Å². The summed E-state index contributed by atoms with van der Waals surface area (Å²) in [6.07, 6.45) is 1.78. The number of ether oxygens (including phenoxy) is 1. The Hall–Kier alpha value is -4.49. The van der Waals surface area contributed by atoms with Gasteiger partial charge in [0, 0.05) is 42.9 Å². The zero-order chi connectivity index (χ0) is 23.7. The fourth-order valence-electron chi connectivity index (χ4n) is 4.17. The molecular formula is C23H19N5O5. The van der Waals surface area contributed by atoms with Crippen molar-refractivity contribution in [3.8, 4) is 6.07 Å². The van der Waals surface area contributed by atoms with Gasteiger partial charge in [-0.25, -0.2) is 0 Å².